The van der Waals surface area contributed by atoms with Crippen LogP contribution >= 0.6 is 0 Å². The molecule has 8 heavy (non-hydrogen) atoms. The van der Waals surface area contributed by atoms with E-state index in [2.05, 4.69) is 0 Å². The average molecular weight is 111 g/mol. The molecule has 0 saturated carbocycles. The normalized spacial score (nSPS) is 9.75. The fourth-order valence-corrected chi connectivity index (χ4v) is 0.254. The predicted octanol–water partition coefficient (Wildman–Crippen LogP) is -0.779. The molecule has 0 bridgehead atoms. The minimum atomic E-state index is 0.0821. The van der Waals surface area contributed by atoms with E-state index in [-0.39, 0.29) is 5.68 Å². The van der Waals surface area contributed by atoms with Crippen LogP contribution in [0, 0.1) is 0 Å². The Morgan fingerprint density at radius 2 is 2.12 bits per heavy atom. The van der Waals surface area contributed by atoms with E-state index in [1.54, 1.807) is 6.20 Å². The Morgan fingerprint density at radius 3 is 2.25 bits per heavy atom. The van der Waals surface area contributed by atoms with Gasteiger partial charge in [-0.25, -0.2) is 0 Å². The van der Waals surface area contributed by atoms with E-state index < -0.39 is 0 Å². The van der Waals surface area contributed by atoms with Crippen molar-refractivity contribution >= 4 is 13.5 Å². The van der Waals surface area contributed by atoms with Crippen LogP contribution in [0.5, 0.6) is 0 Å². The number of nitrogens with zero attached hydrogens (tertiary/aromatic N) is 1. The number of rotatable bonds is 2. The van der Waals surface area contributed by atoms with E-state index in [1.807, 2.05) is 19.0 Å². The van der Waals surface area contributed by atoms with Gasteiger partial charge in [0.15, 0.2) is 7.85 Å². The molecule has 2 nitrogen and oxygen atoms in total. The third-order valence-corrected chi connectivity index (χ3v) is 0.607. The third kappa shape index (κ3) is 5.27. The molecule has 0 spiro atoms. The highest BCUT2D eigenvalue weighted by atomic mass is 16.1. The van der Waals surface area contributed by atoms with Crippen LogP contribution < -0.4 is 0 Å². The lowest BCUT2D eigenvalue weighted by atomic mass is 10.0. The average Bonchev–Trinajstić information content (AvgIpc) is 1.61. The Hall–Kier alpha value is -0.725. The van der Waals surface area contributed by atoms with Crippen LogP contribution in [0.25, 0.3) is 0 Å². The second kappa shape index (κ2) is 3.30. The van der Waals surface area contributed by atoms with Crippen LogP contribution in [0.4, 0.5) is 0 Å². The van der Waals surface area contributed by atoms with E-state index in [1.165, 1.54) is 13.9 Å². The van der Waals surface area contributed by atoms with Crippen LogP contribution in [-0.2, 0) is 4.79 Å². The van der Waals surface area contributed by atoms with E-state index in [4.69, 9.17) is 0 Å². The summed E-state index contributed by atoms with van der Waals surface area (Å²) >= 11 is 0. The summed E-state index contributed by atoms with van der Waals surface area (Å²) < 4.78 is 0. The van der Waals surface area contributed by atoms with E-state index in [0.29, 0.717) is 0 Å². The van der Waals surface area contributed by atoms with Gasteiger partial charge in [0.2, 0.25) is 0 Å². The molecule has 0 saturated heterocycles. The number of allylic oxidation sites excluding steroid dienone is 1. The Labute approximate surface area is 50.6 Å². The van der Waals surface area contributed by atoms with Gasteiger partial charge in [-0.1, -0.05) is 0 Å². The van der Waals surface area contributed by atoms with Gasteiger partial charge < -0.3 is 9.69 Å². The van der Waals surface area contributed by atoms with Gasteiger partial charge in [0, 0.05) is 20.3 Å². The minimum absolute atomic E-state index is 0.0821. The fourth-order valence-electron chi connectivity index (χ4n) is 0.254. The third-order valence-electron chi connectivity index (χ3n) is 0.607. The standard InChI is InChI=1S/C5H10BNO/c1-7(2)4-3-5(6)8/h3-4H,6H2,1-2H3/b4-3+. The first kappa shape index (κ1) is 7.27. The summed E-state index contributed by atoms with van der Waals surface area (Å²) in [5.74, 6) is 0. The molecule has 0 radical (unpaired) electrons. The van der Waals surface area contributed by atoms with Crippen molar-refractivity contribution in [3.63, 3.8) is 0 Å². The zero-order valence-electron chi connectivity index (χ0n) is 5.51. The summed E-state index contributed by atoms with van der Waals surface area (Å²) in [4.78, 5) is 12.1. The fraction of sp³-hybridized carbons (Fsp3) is 0.400. The van der Waals surface area contributed by atoms with Gasteiger partial charge in [0.1, 0.15) is 5.68 Å². The molecule has 0 rings (SSSR count). The van der Waals surface area contributed by atoms with Crippen molar-refractivity contribution < 1.29 is 4.79 Å². The van der Waals surface area contributed by atoms with Gasteiger partial charge in [-0.15, -0.1) is 0 Å². The Kier molecular flexibility index (Phi) is 3.00. The summed E-state index contributed by atoms with van der Waals surface area (Å²) in [6, 6.07) is 0. The first-order valence-electron chi connectivity index (χ1n) is 2.48. The summed E-state index contributed by atoms with van der Waals surface area (Å²) in [7, 11) is 5.28. The molecule has 0 aliphatic carbocycles. The molecule has 0 aliphatic rings. The van der Waals surface area contributed by atoms with E-state index in [9.17, 15) is 4.79 Å². The van der Waals surface area contributed by atoms with E-state index >= 15 is 0 Å². The van der Waals surface area contributed by atoms with Gasteiger partial charge in [0.25, 0.3) is 0 Å². The molecular weight excluding hydrogens is 101 g/mol. The lowest BCUT2D eigenvalue weighted by Gasteiger charge is -2.00. The smallest absolute Gasteiger partial charge is 0.192 e. The van der Waals surface area contributed by atoms with E-state index in [0.717, 1.165) is 0 Å². The van der Waals surface area contributed by atoms with Crippen LogP contribution in [0.15, 0.2) is 12.3 Å². The maximum absolute atomic E-state index is 10.2. The van der Waals surface area contributed by atoms with Crippen molar-refractivity contribution in [2.75, 3.05) is 14.1 Å². The van der Waals surface area contributed by atoms with Crippen LogP contribution in [0.3, 0.4) is 0 Å². The molecule has 44 valence electrons. The summed E-state index contributed by atoms with van der Waals surface area (Å²) in [6.07, 6.45) is 3.25. The molecule has 0 amide bonds. The van der Waals surface area contributed by atoms with Crippen LogP contribution in [0.1, 0.15) is 0 Å². The molecule has 0 unspecified atom stereocenters. The molecule has 3 heteroatoms. The maximum atomic E-state index is 10.2. The monoisotopic (exact) mass is 111 g/mol. The number of hydrogen-bond donors (Lipinski definition) is 0. The largest absolute Gasteiger partial charge is 0.383 e. The van der Waals surface area contributed by atoms with Crippen molar-refractivity contribution in [1.82, 2.24) is 4.90 Å². The van der Waals surface area contributed by atoms with Crippen molar-refractivity contribution in [2.45, 2.75) is 0 Å². The molecule has 0 aliphatic heterocycles. The van der Waals surface area contributed by atoms with Gasteiger partial charge in [-0.3, -0.25) is 0 Å². The molecule has 0 aromatic heterocycles. The van der Waals surface area contributed by atoms with Gasteiger partial charge in [-0.2, -0.15) is 0 Å². The van der Waals surface area contributed by atoms with Crippen molar-refractivity contribution in [1.29, 1.82) is 0 Å². The molecule has 0 atom stereocenters. The Balaban J connectivity index is 3.50. The number of carbonyl (C=O) groups excluding carboxylic acids is 1. The molecule has 0 aromatic carbocycles. The molecular formula is C5H10BNO. The van der Waals surface area contributed by atoms with Crippen molar-refractivity contribution in [3.05, 3.63) is 12.3 Å². The quantitative estimate of drug-likeness (QED) is 0.344. The molecule has 0 fully saturated rings. The maximum Gasteiger partial charge on any atom is 0.192 e. The van der Waals surface area contributed by atoms with Gasteiger partial charge in [-0.05, 0) is 6.08 Å². The highest BCUT2D eigenvalue weighted by Crippen LogP contribution is 1.75. The first-order valence-corrected chi connectivity index (χ1v) is 2.48. The Bertz CT molecular complexity index is 109. The lowest BCUT2D eigenvalue weighted by Crippen LogP contribution is -2.02. The summed E-state index contributed by atoms with van der Waals surface area (Å²) in [6.45, 7) is 0. The molecule has 0 heterocycles. The Morgan fingerprint density at radius 1 is 1.62 bits per heavy atom. The van der Waals surface area contributed by atoms with Crippen LogP contribution in [0.2, 0.25) is 0 Å². The van der Waals surface area contributed by atoms with Crippen molar-refractivity contribution in [3.8, 4) is 0 Å². The van der Waals surface area contributed by atoms with Gasteiger partial charge in [0.05, 0.1) is 0 Å². The highest BCUT2D eigenvalue weighted by molar-refractivity contribution is 6.60. The minimum Gasteiger partial charge on any atom is -0.383 e. The first-order chi connectivity index (χ1) is 3.63. The molecule has 0 aromatic rings. The number of carbonyl (C=O) groups is 1. The van der Waals surface area contributed by atoms with Gasteiger partial charge >= 0.3 is 0 Å². The zero-order valence-corrected chi connectivity index (χ0v) is 5.51. The lowest BCUT2D eigenvalue weighted by molar-refractivity contribution is -0.107. The predicted molar refractivity (Wildman–Crippen MR) is 36.4 cm³/mol. The van der Waals surface area contributed by atoms with Crippen molar-refractivity contribution in [2.24, 2.45) is 0 Å². The second-order valence-corrected chi connectivity index (χ2v) is 1.89. The SMILES string of the molecule is BC(=O)/C=C/N(C)C. The zero-order chi connectivity index (χ0) is 6.57. The topological polar surface area (TPSA) is 20.3 Å². The highest BCUT2D eigenvalue weighted by Gasteiger charge is 1.80. The second-order valence-electron chi connectivity index (χ2n) is 1.89. The number of hydrogen-bond acceptors (Lipinski definition) is 2. The summed E-state index contributed by atoms with van der Waals surface area (Å²) in [5.41, 5.74) is 0.0821. The molecule has 0 N–H and O–H groups in total. The summed E-state index contributed by atoms with van der Waals surface area (Å²) in [5, 5.41) is 0. The van der Waals surface area contributed by atoms with Crippen LogP contribution in [-0.4, -0.2) is 32.5 Å².